The van der Waals surface area contributed by atoms with Gasteiger partial charge < -0.3 is 9.47 Å². The van der Waals surface area contributed by atoms with E-state index in [1.54, 1.807) is 24.5 Å². The van der Waals surface area contributed by atoms with Crippen molar-refractivity contribution < 1.29 is 9.47 Å². The van der Waals surface area contributed by atoms with Gasteiger partial charge in [-0.25, -0.2) is 0 Å². The molecule has 0 atom stereocenters. The Morgan fingerprint density at radius 2 is 0.941 bits per heavy atom. The van der Waals surface area contributed by atoms with Crippen molar-refractivity contribution >= 4 is 33.0 Å². The summed E-state index contributed by atoms with van der Waals surface area (Å²) < 4.78 is 12.1. The van der Waals surface area contributed by atoms with Crippen LogP contribution in [-0.2, 0) is 0 Å². The highest BCUT2D eigenvalue weighted by molar-refractivity contribution is 6.22. The molecular weight excluding hydrogens is 424 g/mol. The van der Waals surface area contributed by atoms with E-state index >= 15 is 0 Å². The smallest absolute Gasteiger partial charge is 0.206 e. The fraction of sp³-hybridized carbons (Fsp3) is 0. The molecule has 0 aromatic heterocycles. The second kappa shape index (κ2) is 9.12. The summed E-state index contributed by atoms with van der Waals surface area (Å²) in [7, 11) is 0. The van der Waals surface area contributed by atoms with E-state index in [-0.39, 0.29) is 22.9 Å². The van der Waals surface area contributed by atoms with Gasteiger partial charge in [0.2, 0.25) is 12.4 Å². The highest BCUT2D eigenvalue weighted by atomic mass is 16.5. The number of allylic oxidation sites excluding steroid dienone is 2. The predicted octanol–water partition coefficient (Wildman–Crippen LogP) is 6.08. The lowest BCUT2D eigenvalue weighted by Gasteiger charge is -2.18. The van der Waals surface area contributed by atoms with E-state index in [4.69, 9.17) is 9.47 Å². The Hall–Kier alpha value is -5.20. The standard InChI is InChI=1S/C28H16N4O2/c29-17-31-25-16-28(34-24-12-10-20-6-2-4-8-22(20)14-24)26(32-18-30)15-27(25)33-23-11-9-19-5-1-3-7-21(19)13-23/h1-16H. The zero-order valence-electron chi connectivity index (χ0n) is 17.8. The Bertz CT molecular complexity index is 1510. The molecule has 4 aromatic rings. The molecular formula is C28H16N4O2. The lowest BCUT2D eigenvalue weighted by Crippen LogP contribution is -2.20. The summed E-state index contributed by atoms with van der Waals surface area (Å²) in [5.41, 5.74) is 0.534. The van der Waals surface area contributed by atoms with E-state index in [9.17, 15) is 10.5 Å². The Morgan fingerprint density at radius 1 is 0.529 bits per heavy atom. The molecule has 0 heterocycles. The topological polar surface area (TPSA) is 90.8 Å². The third-order valence-electron chi connectivity index (χ3n) is 5.28. The van der Waals surface area contributed by atoms with Crippen molar-refractivity contribution in [3.05, 3.63) is 109 Å². The lowest BCUT2D eigenvalue weighted by molar-refractivity contribution is 0.443. The number of aliphatic imine (C=N–C) groups is 2. The molecule has 0 spiro atoms. The largest absolute Gasteiger partial charge is 0.455 e. The number of ether oxygens (including phenoxy) is 2. The van der Waals surface area contributed by atoms with Crippen molar-refractivity contribution in [3.8, 4) is 23.9 Å². The summed E-state index contributed by atoms with van der Waals surface area (Å²) in [5.74, 6) is 1.71. The first-order valence-electron chi connectivity index (χ1n) is 10.4. The number of nitrogens with zero attached hydrogens (tertiary/aromatic N) is 4. The van der Waals surface area contributed by atoms with E-state index in [2.05, 4.69) is 9.98 Å². The normalized spacial score (nSPS) is 15.5. The lowest BCUT2D eigenvalue weighted by atomic mass is 10.1. The summed E-state index contributed by atoms with van der Waals surface area (Å²) in [6.07, 6.45) is 6.69. The Morgan fingerprint density at radius 3 is 1.35 bits per heavy atom. The molecule has 6 heteroatoms. The average Bonchev–Trinajstić information content (AvgIpc) is 2.86. The molecule has 6 nitrogen and oxygen atoms in total. The van der Waals surface area contributed by atoms with Crippen molar-refractivity contribution in [3.63, 3.8) is 0 Å². The number of fused-ring (bicyclic) bond motifs is 2. The Labute approximate surface area is 195 Å². The molecule has 1 aliphatic rings. The van der Waals surface area contributed by atoms with Crippen LogP contribution < -0.4 is 9.47 Å². The van der Waals surface area contributed by atoms with Crippen LogP contribution in [0, 0.1) is 22.9 Å². The molecule has 160 valence electrons. The molecule has 5 rings (SSSR count). The van der Waals surface area contributed by atoms with Gasteiger partial charge in [0.25, 0.3) is 0 Å². The molecule has 34 heavy (non-hydrogen) atoms. The third-order valence-corrected chi connectivity index (χ3v) is 5.28. The summed E-state index contributed by atoms with van der Waals surface area (Å²) >= 11 is 0. The minimum absolute atomic E-state index is 0.267. The van der Waals surface area contributed by atoms with Gasteiger partial charge in [0, 0.05) is 12.2 Å². The number of hydrogen-bond donors (Lipinski definition) is 0. The monoisotopic (exact) mass is 440 g/mol. The molecule has 0 bridgehead atoms. The van der Waals surface area contributed by atoms with Gasteiger partial charge in [0.1, 0.15) is 22.9 Å². The van der Waals surface area contributed by atoms with Crippen molar-refractivity contribution in [2.24, 2.45) is 9.98 Å². The van der Waals surface area contributed by atoms with Crippen LogP contribution in [0.25, 0.3) is 21.5 Å². The Kier molecular flexibility index (Phi) is 5.55. The number of rotatable bonds is 4. The summed E-state index contributed by atoms with van der Waals surface area (Å²) in [6, 6.07) is 27.2. The highest BCUT2D eigenvalue weighted by Gasteiger charge is 2.22. The highest BCUT2D eigenvalue weighted by Crippen LogP contribution is 2.27. The van der Waals surface area contributed by atoms with Gasteiger partial charge in [-0.1, -0.05) is 60.7 Å². The molecule has 0 unspecified atom stereocenters. The van der Waals surface area contributed by atoms with Crippen LogP contribution in [0.2, 0.25) is 0 Å². The van der Waals surface area contributed by atoms with E-state index in [0.717, 1.165) is 21.5 Å². The molecule has 0 N–H and O–H groups in total. The quantitative estimate of drug-likeness (QED) is 0.284. The van der Waals surface area contributed by atoms with Crippen LogP contribution in [0.1, 0.15) is 0 Å². The maximum atomic E-state index is 9.23. The molecule has 1 aliphatic carbocycles. The van der Waals surface area contributed by atoms with Gasteiger partial charge >= 0.3 is 0 Å². The fourth-order valence-electron chi connectivity index (χ4n) is 3.70. The van der Waals surface area contributed by atoms with Gasteiger partial charge in [-0.3, -0.25) is 0 Å². The van der Waals surface area contributed by atoms with Gasteiger partial charge in [-0.2, -0.15) is 20.5 Å². The molecule has 0 radical (unpaired) electrons. The van der Waals surface area contributed by atoms with E-state index < -0.39 is 0 Å². The minimum atomic E-state index is 0.267. The SMILES string of the molecule is N#CN=C1C=C(Oc2ccc3ccccc3c2)C(=NC#N)C=C1Oc1ccc2ccccc2c1. The van der Waals surface area contributed by atoms with Gasteiger partial charge in [0.05, 0.1) is 0 Å². The summed E-state index contributed by atoms with van der Waals surface area (Å²) in [6.45, 7) is 0. The molecule has 0 saturated carbocycles. The van der Waals surface area contributed by atoms with Crippen molar-refractivity contribution in [2.75, 3.05) is 0 Å². The van der Waals surface area contributed by atoms with Gasteiger partial charge in [-0.05, 0) is 45.8 Å². The maximum Gasteiger partial charge on any atom is 0.206 e. The minimum Gasteiger partial charge on any atom is -0.455 e. The molecule has 0 fully saturated rings. The van der Waals surface area contributed by atoms with Crippen molar-refractivity contribution in [1.29, 1.82) is 10.5 Å². The first-order chi connectivity index (χ1) is 16.7. The van der Waals surface area contributed by atoms with E-state index in [0.29, 0.717) is 11.5 Å². The number of nitriles is 2. The maximum absolute atomic E-state index is 9.23. The summed E-state index contributed by atoms with van der Waals surface area (Å²) in [5, 5.41) is 22.7. The van der Waals surface area contributed by atoms with Crippen LogP contribution in [-0.4, -0.2) is 11.4 Å². The van der Waals surface area contributed by atoms with Gasteiger partial charge in [-0.15, -0.1) is 0 Å². The van der Waals surface area contributed by atoms with Crippen LogP contribution in [0.15, 0.2) is 119 Å². The molecule has 4 aromatic carbocycles. The fourth-order valence-corrected chi connectivity index (χ4v) is 3.70. The predicted molar refractivity (Wildman–Crippen MR) is 131 cm³/mol. The van der Waals surface area contributed by atoms with E-state index in [1.807, 2.05) is 84.9 Å². The van der Waals surface area contributed by atoms with Crippen molar-refractivity contribution in [2.45, 2.75) is 0 Å². The Balaban J connectivity index is 1.48. The second-order valence-corrected chi connectivity index (χ2v) is 7.43. The average molecular weight is 440 g/mol. The first kappa shape index (κ1) is 20.7. The zero-order chi connectivity index (χ0) is 23.3. The number of benzene rings is 4. The van der Waals surface area contributed by atoms with E-state index in [1.165, 1.54) is 0 Å². The van der Waals surface area contributed by atoms with Gasteiger partial charge in [0.15, 0.2) is 11.5 Å². The first-order valence-corrected chi connectivity index (χ1v) is 10.4. The van der Waals surface area contributed by atoms with Crippen LogP contribution in [0.5, 0.6) is 11.5 Å². The molecule has 0 amide bonds. The van der Waals surface area contributed by atoms with Crippen molar-refractivity contribution in [1.82, 2.24) is 0 Å². The second-order valence-electron chi connectivity index (χ2n) is 7.43. The van der Waals surface area contributed by atoms with Crippen LogP contribution in [0.3, 0.4) is 0 Å². The molecule has 0 saturated heterocycles. The van der Waals surface area contributed by atoms with Crippen LogP contribution >= 0.6 is 0 Å². The summed E-state index contributed by atoms with van der Waals surface area (Å²) in [4.78, 5) is 7.79. The molecule has 0 aliphatic heterocycles. The number of hydrogen-bond acceptors (Lipinski definition) is 6. The third kappa shape index (κ3) is 4.25. The zero-order valence-corrected chi connectivity index (χ0v) is 17.8. The van der Waals surface area contributed by atoms with Crippen LogP contribution in [0.4, 0.5) is 0 Å².